The lowest BCUT2D eigenvalue weighted by atomic mass is 10.1. The van der Waals surface area contributed by atoms with Crippen molar-refractivity contribution in [2.24, 2.45) is 5.92 Å². The zero-order chi connectivity index (χ0) is 22.9. The van der Waals surface area contributed by atoms with Crippen molar-refractivity contribution >= 4 is 39.9 Å². The lowest BCUT2D eigenvalue weighted by Crippen LogP contribution is -2.40. The lowest BCUT2D eigenvalue weighted by Gasteiger charge is -2.28. The highest BCUT2D eigenvalue weighted by Crippen LogP contribution is 2.32. The van der Waals surface area contributed by atoms with E-state index in [4.69, 9.17) is 9.15 Å². The quantitative estimate of drug-likeness (QED) is 0.620. The molecule has 1 fully saturated rings. The first-order valence-corrected chi connectivity index (χ1v) is 11.4. The molecule has 1 unspecified atom stereocenters. The predicted molar refractivity (Wildman–Crippen MR) is 121 cm³/mol. The van der Waals surface area contributed by atoms with Crippen molar-refractivity contribution in [2.45, 2.75) is 19.4 Å². The van der Waals surface area contributed by atoms with Crippen LogP contribution in [0, 0.1) is 5.92 Å². The first kappa shape index (κ1) is 21.2. The van der Waals surface area contributed by atoms with E-state index in [0.29, 0.717) is 36.9 Å². The van der Waals surface area contributed by atoms with Crippen LogP contribution in [-0.2, 0) is 22.6 Å². The molecule has 0 saturated carbocycles. The Labute approximate surface area is 194 Å². The van der Waals surface area contributed by atoms with Crippen LogP contribution in [0.2, 0.25) is 0 Å². The summed E-state index contributed by atoms with van der Waals surface area (Å²) in [5.74, 6) is 0.0247. The fourth-order valence-electron chi connectivity index (χ4n) is 4.16. The first-order chi connectivity index (χ1) is 16.0. The highest BCUT2D eigenvalue weighted by atomic mass is 32.1. The van der Waals surface area contributed by atoms with Crippen LogP contribution < -0.4 is 15.0 Å². The monoisotopic (exact) mass is 466 g/mol. The van der Waals surface area contributed by atoms with E-state index in [1.54, 1.807) is 35.1 Å². The fraction of sp³-hybridized carbons (Fsp3) is 0.304. The Morgan fingerprint density at radius 2 is 2.15 bits per heavy atom. The maximum Gasteiger partial charge on any atom is 0.293 e. The molecule has 5 rings (SSSR count). The Hall–Kier alpha value is -3.66. The van der Waals surface area contributed by atoms with Crippen molar-refractivity contribution in [3.8, 4) is 5.75 Å². The molecule has 3 aromatic rings. The third kappa shape index (κ3) is 4.21. The number of anilines is 2. The van der Waals surface area contributed by atoms with Gasteiger partial charge in [0.15, 0.2) is 10.9 Å². The molecule has 4 heterocycles. The van der Waals surface area contributed by atoms with Gasteiger partial charge in [0.2, 0.25) is 11.8 Å². The molecule has 9 nitrogen and oxygen atoms in total. The summed E-state index contributed by atoms with van der Waals surface area (Å²) in [6.45, 7) is 1.30. The number of thiazole rings is 1. The second-order valence-corrected chi connectivity index (χ2v) is 9.02. The van der Waals surface area contributed by atoms with Crippen LogP contribution >= 0.6 is 11.3 Å². The number of aromatic nitrogens is 1. The number of ether oxygens (including phenoxy) is 1. The van der Waals surface area contributed by atoms with Crippen LogP contribution in [0.3, 0.4) is 0 Å². The maximum atomic E-state index is 13.2. The Morgan fingerprint density at radius 1 is 1.27 bits per heavy atom. The number of nitrogens with one attached hydrogen (secondary N) is 1. The predicted octanol–water partition coefficient (Wildman–Crippen LogP) is 2.93. The number of hydrogen-bond donors (Lipinski definition) is 1. The summed E-state index contributed by atoms with van der Waals surface area (Å²) in [6, 6.07) is 10.5. The molecule has 0 spiro atoms. The summed E-state index contributed by atoms with van der Waals surface area (Å²) < 4.78 is 10.4. The van der Waals surface area contributed by atoms with Gasteiger partial charge in [-0.1, -0.05) is 17.4 Å². The van der Waals surface area contributed by atoms with Gasteiger partial charge < -0.3 is 19.0 Å². The molecule has 0 bridgehead atoms. The average molecular weight is 467 g/mol. The number of fused-ring (bicyclic) bond motifs is 1. The number of carbonyl (C=O) groups is 3. The standard InChI is InChI=1S/C23H22N4O5S/c1-31-16-5-2-4-15(11-16)27-12-14(10-20(27)28)22(30)26-8-7-17-19(13-26)33-23(24-17)25-21(29)18-6-3-9-32-18/h2-6,9,11,14H,7-8,10,12-13H2,1H3,(H,24,25,29). The number of nitrogens with zero attached hydrogens (tertiary/aromatic N) is 3. The van der Waals surface area contributed by atoms with Crippen LogP contribution in [0.5, 0.6) is 5.75 Å². The molecule has 1 aromatic carbocycles. The summed E-state index contributed by atoms with van der Waals surface area (Å²) in [6.07, 6.45) is 2.23. The van der Waals surface area contributed by atoms with E-state index < -0.39 is 5.92 Å². The number of carbonyl (C=O) groups excluding carboxylic acids is 3. The summed E-state index contributed by atoms with van der Waals surface area (Å²) in [4.78, 5) is 46.9. The largest absolute Gasteiger partial charge is 0.497 e. The Kier molecular flexibility index (Phi) is 5.59. The van der Waals surface area contributed by atoms with E-state index in [0.717, 1.165) is 16.3 Å². The molecule has 0 aliphatic carbocycles. The number of hydrogen-bond acceptors (Lipinski definition) is 7. The minimum absolute atomic E-state index is 0.0334. The smallest absolute Gasteiger partial charge is 0.293 e. The number of amides is 3. The summed E-state index contributed by atoms with van der Waals surface area (Å²) >= 11 is 1.36. The summed E-state index contributed by atoms with van der Waals surface area (Å²) in [7, 11) is 1.58. The zero-order valence-electron chi connectivity index (χ0n) is 17.9. The molecule has 10 heteroatoms. The van der Waals surface area contributed by atoms with Crippen molar-refractivity contribution in [2.75, 3.05) is 30.4 Å². The molecule has 1 atom stereocenters. The number of rotatable bonds is 5. The topological polar surface area (TPSA) is 105 Å². The zero-order valence-corrected chi connectivity index (χ0v) is 18.8. The van der Waals surface area contributed by atoms with E-state index >= 15 is 0 Å². The second-order valence-electron chi connectivity index (χ2n) is 7.94. The van der Waals surface area contributed by atoms with Crippen LogP contribution in [0.4, 0.5) is 10.8 Å². The van der Waals surface area contributed by atoms with Crippen molar-refractivity contribution in [1.82, 2.24) is 9.88 Å². The first-order valence-electron chi connectivity index (χ1n) is 10.6. The molecule has 2 aliphatic heterocycles. The lowest BCUT2D eigenvalue weighted by molar-refractivity contribution is -0.136. The molecule has 33 heavy (non-hydrogen) atoms. The highest BCUT2D eigenvalue weighted by molar-refractivity contribution is 7.15. The third-order valence-corrected chi connectivity index (χ3v) is 6.85. The van der Waals surface area contributed by atoms with Gasteiger partial charge in [-0.2, -0.15) is 0 Å². The van der Waals surface area contributed by atoms with E-state index in [9.17, 15) is 14.4 Å². The molecule has 2 aliphatic rings. The third-order valence-electron chi connectivity index (χ3n) is 5.85. The SMILES string of the molecule is COc1cccc(N2CC(C(=O)N3CCc4nc(NC(=O)c5ccco5)sc4C3)CC2=O)c1. The van der Waals surface area contributed by atoms with Crippen LogP contribution in [0.25, 0.3) is 0 Å². The van der Waals surface area contributed by atoms with Gasteiger partial charge in [-0.3, -0.25) is 19.7 Å². The van der Waals surface area contributed by atoms with E-state index in [1.807, 2.05) is 18.2 Å². The van der Waals surface area contributed by atoms with Gasteiger partial charge in [0.05, 0.1) is 31.5 Å². The summed E-state index contributed by atoms with van der Waals surface area (Å²) in [5.41, 5.74) is 1.62. The normalized spacial score (nSPS) is 17.7. The molecular formula is C23H22N4O5S. The Balaban J connectivity index is 1.24. The van der Waals surface area contributed by atoms with E-state index in [2.05, 4.69) is 10.3 Å². The summed E-state index contributed by atoms with van der Waals surface area (Å²) in [5, 5.41) is 3.23. The van der Waals surface area contributed by atoms with Crippen LogP contribution in [0.15, 0.2) is 47.1 Å². The molecular weight excluding hydrogens is 444 g/mol. The minimum Gasteiger partial charge on any atom is -0.497 e. The van der Waals surface area contributed by atoms with Crippen LogP contribution in [0.1, 0.15) is 27.5 Å². The number of furan rings is 1. The van der Waals surface area contributed by atoms with E-state index in [-0.39, 0.29) is 29.9 Å². The Bertz CT molecular complexity index is 1210. The Morgan fingerprint density at radius 3 is 2.94 bits per heavy atom. The molecule has 1 saturated heterocycles. The fourth-order valence-corrected chi connectivity index (χ4v) is 5.18. The molecule has 170 valence electrons. The van der Waals surface area contributed by atoms with Crippen molar-refractivity contribution < 1.29 is 23.5 Å². The van der Waals surface area contributed by atoms with Gasteiger partial charge in [-0.15, -0.1) is 0 Å². The average Bonchev–Trinajstić information content (AvgIpc) is 3.57. The molecule has 2 aromatic heterocycles. The van der Waals surface area contributed by atoms with Gasteiger partial charge in [-0.25, -0.2) is 4.98 Å². The van der Waals surface area contributed by atoms with Gasteiger partial charge in [0.1, 0.15) is 5.75 Å². The maximum absolute atomic E-state index is 13.2. The second kappa shape index (κ2) is 8.70. The molecule has 3 amide bonds. The highest BCUT2D eigenvalue weighted by Gasteiger charge is 2.38. The minimum atomic E-state index is -0.392. The number of benzene rings is 1. The van der Waals surface area contributed by atoms with E-state index in [1.165, 1.54) is 17.6 Å². The molecule has 0 radical (unpaired) electrons. The van der Waals surface area contributed by atoms with Gasteiger partial charge in [0.25, 0.3) is 5.91 Å². The molecule has 1 N–H and O–H groups in total. The van der Waals surface area contributed by atoms with Crippen molar-refractivity contribution in [3.05, 3.63) is 59.0 Å². The number of methoxy groups -OCH3 is 1. The van der Waals surface area contributed by atoms with Gasteiger partial charge in [0, 0.05) is 42.6 Å². The van der Waals surface area contributed by atoms with Crippen molar-refractivity contribution in [3.63, 3.8) is 0 Å². The van der Waals surface area contributed by atoms with Gasteiger partial charge >= 0.3 is 0 Å². The van der Waals surface area contributed by atoms with Crippen LogP contribution in [-0.4, -0.2) is 47.8 Å². The van der Waals surface area contributed by atoms with Crippen molar-refractivity contribution in [1.29, 1.82) is 0 Å². The van der Waals surface area contributed by atoms with Gasteiger partial charge in [-0.05, 0) is 24.3 Å².